The first-order valence-corrected chi connectivity index (χ1v) is 9.83. The predicted molar refractivity (Wildman–Crippen MR) is 116 cm³/mol. The Morgan fingerprint density at radius 1 is 0.967 bits per heavy atom. The monoisotopic (exact) mass is 396 g/mol. The summed E-state index contributed by atoms with van der Waals surface area (Å²) in [6.45, 7) is 1.69. The van der Waals surface area contributed by atoms with E-state index in [0.717, 1.165) is 46.8 Å². The number of pyridine rings is 1. The molecule has 0 spiro atoms. The van der Waals surface area contributed by atoms with Crippen molar-refractivity contribution in [3.05, 3.63) is 84.3 Å². The summed E-state index contributed by atoms with van der Waals surface area (Å²) in [4.78, 5) is 27.9. The number of carbonyl (C=O) groups is 1. The van der Waals surface area contributed by atoms with E-state index in [0.29, 0.717) is 5.56 Å². The van der Waals surface area contributed by atoms with Gasteiger partial charge in [-0.25, -0.2) is 9.78 Å². The molecule has 1 aliphatic heterocycles. The molecule has 0 saturated carbocycles. The van der Waals surface area contributed by atoms with Crippen molar-refractivity contribution in [3.63, 3.8) is 0 Å². The molecule has 2 aromatic carbocycles. The van der Waals surface area contributed by atoms with Crippen molar-refractivity contribution < 1.29 is 9.53 Å². The van der Waals surface area contributed by atoms with Gasteiger partial charge in [-0.15, -0.1) is 0 Å². The van der Waals surface area contributed by atoms with Crippen molar-refractivity contribution in [1.82, 2.24) is 15.0 Å². The summed E-state index contributed by atoms with van der Waals surface area (Å²) in [7, 11) is 1.38. The van der Waals surface area contributed by atoms with Gasteiger partial charge in [-0.05, 0) is 30.3 Å². The van der Waals surface area contributed by atoms with Crippen LogP contribution in [0.15, 0.2) is 73.1 Å². The van der Waals surface area contributed by atoms with Crippen LogP contribution in [-0.4, -0.2) is 41.1 Å². The summed E-state index contributed by atoms with van der Waals surface area (Å²) < 4.78 is 4.77. The molecule has 1 aliphatic rings. The number of rotatable bonds is 4. The number of carbonyl (C=O) groups excluding carboxylic acids is 1. The predicted octanol–water partition coefficient (Wildman–Crippen LogP) is 4.08. The number of methoxy groups -OCH3 is 1. The summed E-state index contributed by atoms with van der Waals surface area (Å²) in [6, 6.07) is 19.6. The highest BCUT2D eigenvalue weighted by molar-refractivity contribution is 5.90. The van der Waals surface area contributed by atoms with Crippen molar-refractivity contribution >= 4 is 22.7 Å². The van der Waals surface area contributed by atoms with Crippen LogP contribution in [0, 0.1) is 0 Å². The lowest BCUT2D eigenvalue weighted by Gasteiger charge is -2.40. The average Bonchev–Trinajstić information content (AvgIpc) is 2.78. The van der Waals surface area contributed by atoms with Gasteiger partial charge < -0.3 is 9.64 Å². The molecule has 0 atom stereocenters. The Labute approximate surface area is 174 Å². The number of fused-ring (bicyclic) bond motifs is 1. The van der Waals surface area contributed by atoms with Gasteiger partial charge >= 0.3 is 5.97 Å². The second-order valence-electron chi connectivity index (χ2n) is 7.32. The molecule has 0 aliphatic carbocycles. The average molecular weight is 396 g/mol. The second-order valence-corrected chi connectivity index (χ2v) is 7.32. The van der Waals surface area contributed by atoms with Crippen LogP contribution >= 0.6 is 0 Å². The number of hydrogen-bond donors (Lipinski definition) is 0. The summed E-state index contributed by atoms with van der Waals surface area (Å²) in [5.74, 6) is 0.915. The lowest BCUT2D eigenvalue weighted by Crippen LogP contribution is -2.46. The minimum absolute atomic E-state index is 0.280. The largest absolute Gasteiger partial charge is 0.465 e. The Balaban J connectivity index is 1.37. The molecule has 148 valence electrons. The Kier molecular flexibility index (Phi) is 4.59. The zero-order chi connectivity index (χ0) is 20.5. The van der Waals surface area contributed by atoms with E-state index in [9.17, 15) is 4.79 Å². The third-order valence-corrected chi connectivity index (χ3v) is 5.48. The van der Waals surface area contributed by atoms with Gasteiger partial charge in [-0.2, -0.15) is 0 Å². The van der Waals surface area contributed by atoms with Crippen LogP contribution in [0.4, 0.5) is 5.82 Å². The van der Waals surface area contributed by atoms with E-state index >= 15 is 0 Å². The Bertz CT molecular complexity index is 1220. The van der Waals surface area contributed by atoms with Gasteiger partial charge in [-0.3, -0.25) is 9.97 Å². The van der Waals surface area contributed by atoms with E-state index < -0.39 is 0 Å². The van der Waals surface area contributed by atoms with E-state index in [1.165, 1.54) is 7.11 Å². The third-order valence-electron chi connectivity index (χ3n) is 5.48. The van der Waals surface area contributed by atoms with Gasteiger partial charge in [0, 0.05) is 42.4 Å². The summed E-state index contributed by atoms with van der Waals surface area (Å²) in [6.07, 6.45) is 3.44. The minimum Gasteiger partial charge on any atom is -0.465 e. The molecule has 6 heteroatoms. The van der Waals surface area contributed by atoms with Crippen molar-refractivity contribution in [3.8, 4) is 11.3 Å². The van der Waals surface area contributed by atoms with Gasteiger partial charge in [-0.1, -0.05) is 30.3 Å². The van der Waals surface area contributed by atoms with Gasteiger partial charge in [0.1, 0.15) is 5.82 Å². The standard InChI is InChI=1S/C24H20N4O2/c1-30-24(29)18-8-6-17(7-9-18)22-23(26-13-12-25-22)19-14-28(15-19)21-11-10-16-4-2-3-5-20(16)27-21/h2-13,19H,14-15H2,1H3. The highest BCUT2D eigenvalue weighted by Crippen LogP contribution is 2.34. The molecule has 6 nitrogen and oxygen atoms in total. The molecule has 2 aromatic heterocycles. The SMILES string of the molecule is COC(=O)c1ccc(-c2nccnc2C2CN(c3ccc4ccccc4n3)C2)cc1. The number of ether oxygens (including phenoxy) is 1. The maximum Gasteiger partial charge on any atom is 0.337 e. The van der Waals surface area contributed by atoms with Crippen LogP contribution in [0.1, 0.15) is 22.0 Å². The second kappa shape index (κ2) is 7.55. The third kappa shape index (κ3) is 3.26. The van der Waals surface area contributed by atoms with Crippen LogP contribution in [0.3, 0.4) is 0 Å². The van der Waals surface area contributed by atoms with Gasteiger partial charge in [0.15, 0.2) is 0 Å². The van der Waals surface area contributed by atoms with E-state index in [2.05, 4.69) is 33.1 Å². The number of anilines is 1. The van der Waals surface area contributed by atoms with Crippen LogP contribution in [0.5, 0.6) is 0 Å². The molecule has 0 radical (unpaired) electrons. The molecule has 0 amide bonds. The number of para-hydroxylation sites is 1. The first kappa shape index (κ1) is 18.2. The molecule has 0 bridgehead atoms. The molecule has 1 fully saturated rings. The molecule has 0 N–H and O–H groups in total. The maximum atomic E-state index is 11.7. The fourth-order valence-electron chi connectivity index (χ4n) is 3.82. The molecular weight excluding hydrogens is 376 g/mol. The van der Waals surface area contributed by atoms with Crippen molar-refractivity contribution in [1.29, 1.82) is 0 Å². The summed E-state index contributed by atoms with van der Waals surface area (Å²) >= 11 is 0. The zero-order valence-corrected chi connectivity index (χ0v) is 16.5. The lowest BCUT2D eigenvalue weighted by molar-refractivity contribution is 0.0601. The molecule has 0 unspecified atom stereocenters. The number of aromatic nitrogens is 3. The van der Waals surface area contributed by atoms with E-state index in [1.807, 2.05) is 30.3 Å². The number of esters is 1. The van der Waals surface area contributed by atoms with E-state index in [-0.39, 0.29) is 11.9 Å². The van der Waals surface area contributed by atoms with Crippen LogP contribution < -0.4 is 4.90 Å². The highest BCUT2D eigenvalue weighted by Gasteiger charge is 2.32. The Hall–Kier alpha value is -3.80. The molecule has 3 heterocycles. The van der Waals surface area contributed by atoms with Gasteiger partial charge in [0.2, 0.25) is 0 Å². The highest BCUT2D eigenvalue weighted by atomic mass is 16.5. The van der Waals surface area contributed by atoms with E-state index in [1.54, 1.807) is 24.5 Å². The number of hydrogen-bond acceptors (Lipinski definition) is 6. The Morgan fingerprint density at radius 3 is 2.53 bits per heavy atom. The first-order valence-electron chi connectivity index (χ1n) is 9.83. The topological polar surface area (TPSA) is 68.2 Å². The lowest BCUT2D eigenvalue weighted by atomic mass is 9.92. The van der Waals surface area contributed by atoms with Crippen molar-refractivity contribution in [2.45, 2.75) is 5.92 Å². The van der Waals surface area contributed by atoms with Gasteiger partial charge in [0.05, 0.1) is 29.6 Å². The van der Waals surface area contributed by atoms with Gasteiger partial charge in [0.25, 0.3) is 0 Å². The fourth-order valence-corrected chi connectivity index (χ4v) is 3.82. The van der Waals surface area contributed by atoms with Crippen LogP contribution in [0.2, 0.25) is 0 Å². The summed E-state index contributed by atoms with van der Waals surface area (Å²) in [5, 5.41) is 1.14. The van der Waals surface area contributed by atoms with E-state index in [4.69, 9.17) is 9.72 Å². The summed E-state index contributed by atoms with van der Waals surface area (Å²) in [5.41, 5.74) is 4.28. The molecule has 1 saturated heterocycles. The number of nitrogens with zero attached hydrogens (tertiary/aromatic N) is 4. The Morgan fingerprint density at radius 2 is 1.73 bits per heavy atom. The quantitative estimate of drug-likeness (QED) is 0.484. The first-order chi connectivity index (χ1) is 14.7. The molecular formula is C24H20N4O2. The minimum atomic E-state index is -0.349. The van der Waals surface area contributed by atoms with Crippen molar-refractivity contribution in [2.75, 3.05) is 25.1 Å². The fraction of sp³-hybridized carbons (Fsp3) is 0.167. The zero-order valence-electron chi connectivity index (χ0n) is 16.5. The smallest absolute Gasteiger partial charge is 0.337 e. The van der Waals surface area contributed by atoms with Crippen LogP contribution in [-0.2, 0) is 4.74 Å². The normalized spacial score (nSPS) is 13.8. The number of benzene rings is 2. The maximum absolute atomic E-state index is 11.7. The molecule has 5 rings (SSSR count). The van der Waals surface area contributed by atoms with Crippen molar-refractivity contribution in [2.24, 2.45) is 0 Å². The van der Waals surface area contributed by atoms with Crippen LogP contribution in [0.25, 0.3) is 22.2 Å². The molecule has 30 heavy (non-hydrogen) atoms. The molecule has 4 aromatic rings.